The van der Waals surface area contributed by atoms with Gasteiger partial charge in [0.15, 0.2) is 9.75 Å². The maximum Gasteiger partial charge on any atom is 0.573 e. The highest BCUT2D eigenvalue weighted by molar-refractivity contribution is 9.09. The molecule has 1 aromatic carbocycles. The minimum atomic E-state index is -4.97. The van der Waals surface area contributed by atoms with Crippen LogP contribution in [-0.2, 0) is 9.59 Å². The van der Waals surface area contributed by atoms with E-state index in [1.54, 1.807) is 0 Å². The van der Waals surface area contributed by atoms with Crippen LogP contribution in [0.3, 0.4) is 0 Å². The van der Waals surface area contributed by atoms with E-state index in [2.05, 4.69) is 27.2 Å². The van der Waals surface area contributed by atoms with Gasteiger partial charge in [0.05, 0.1) is 5.45 Å². The average Bonchev–Trinajstić information content (AvgIpc) is 2.79. The molecule has 0 radical (unpaired) electrons. The first-order chi connectivity index (χ1) is 13.4. The van der Waals surface area contributed by atoms with Crippen molar-refractivity contribution in [1.29, 1.82) is 0 Å². The summed E-state index contributed by atoms with van der Waals surface area (Å²) in [4.78, 5) is 22.7. The van der Waals surface area contributed by atoms with Crippen molar-refractivity contribution in [3.05, 3.63) is 48.1 Å². The highest BCUT2D eigenvalue weighted by atomic mass is 79.9. The maximum absolute atomic E-state index is 13.1. The number of carbonyl (C=O) groups excluding carboxylic acids is 2. The van der Waals surface area contributed by atoms with Crippen molar-refractivity contribution in [2.24, 2.45) is 0 Å². The van der Waals surface area contributed by atoms with Gasteiger partial charge in [-0.25, -0.2) is 0 Å². The van der Waals surface area contributed by atoms with Gasteiger partial charge in [-0.1, -0.05) is 34.7 Å². The van der Waals surface area contributed by atoms with Gasteiger partial charge < -0.3 is 9.84 Å². The Morgan fingerprint density at radius 3 is 2.55 bits per heavy atom. The van der Waals surface area contributed by atoms with Crippen molar-refractivity contribution in [3.63, 3.8) is 0 Å². The van der Waals surface area contributed by atoms with Gasteiger partial charge in [0, 0.05) is 11.5 Å². The largest absolute Gasteiger partial charge is 0.573 e. The first-order valence-electron chi connectivity index (χ1n) is 8.12. The summed E-state index contributed by atoms with van der Waals surface area (Å²) in [7, 11) is 0. The number of aromatic hydroxyl groups is 1. The number of ether oxygens (including phenoxy) is 1. The summed E-state index contributed by atoms with van der Waals surface area (Å²) >= 11 is 16.3. The predicted octanol–water partition coefficient (Wildman–Crippen LogP) is 4.57. The van der Waals surface area contributed by atoms with Gasteiger partial charge in [0.1, 0.15) is 11.5 Å². The SMILES string of the molecule is C=CC1=CC[C@@]2(Cl)C(=O)N(CBr)C(=O)[C@@]2(Cl)[C@H]1c1cc(OC(F)(F)F)ccc1O. The molecule has 0 aromatic heterocycles. The molecule has 11 heteroatoms. The highest BCUT2D eigenvalue weighted by Gasteiger charge is 2.72. The van der Waals surface area contributed by atoms with E-state index >= 15 is 0 Å². The van der Waals surface area contributed by atoms with Gasteiger partial charge in [0.2, 0.25) is 0 Å². The van der Waals surface area contributed by atoms with Crippen LogP contribution in [0, 0.1) is 0 Å². The fraction of sp³-hybridized carbons (Fsp3) is 0.333. The van der Waals surface area contributed by atoms with E-state index in [-0.39, 0.29) is 17.4 Å². The normalized spacial score (nSPS) is 29.5. The lowest BCUT2D eigenvalue weighted by Gasteiger charge is -2.42. The molecule has 1 aliphatic carbocycles. The smallest absolute Gasteiger partial charge is 0.508 e. The average molecular weight is 515 g/mol. The van der Waals surface area contributed by atoms with Crippen LogP contribution in [0.1, 0.15) is 17.9 Å². The fourth-order valence-corrected chi connectivity index (χ4v) is 5.01. The summed E-state index contributed by atoms with van der Waals surface area (Å²) in [6, 6.07) is 2.80. The number of carbonyl (C=O) groups is 2. The summed E-state index contributed by atoms with van der Waals surface area (Å²) in [5.74, 6) is -3.92. The van der Waals surface area contributed by atoms with E-state index in [1.807, 2.05) is 0 Å². The Balaban J connectivity index is 2.24. The third-order valence-corrected chi connectivity index (χ3v) is 6.88. The Labute approximate surface area is 181 Å². The number of hydrogen-bond donors (Lipinski definition) is 1. The van der Waals surface area contributed by atoms with Crippen LogP contribution in [-0.4, -0.2) is 43.4 Å². The van der Waals surface area contributed by atoms with Crippen LogP contribution >= 0.6 is 39.1 Å². The topological polar surface area (TPSA) is 66.8 Å². The molecule has 5 nitrogen and oxygen atoms in total. The Morgan fingerprint density at radius 2 is 2.00 bits per heavy atom. The van der Waals surface area contributed by atoms with Crippen LogP contribution in [0.25, 0.3) is 0 Å². The number of phenols is 1. The summed E-state index contributed by atoms with van der Waals surface area (Å²) in [5, 5.41) is 10.4. The quantitative estimate of drug-likeness (QED) is 0.363. The maximum atomic E-state index is 13.1. The van der Waals surface area contributed by atoms with Crippen molar-refractivity contribution in [2.45, 2.75) is 28.4 Å². The van der Waals surface area contributed by atoms with Crippen LogP contribution in [0.15, 0.2) is 42.5 Å². The van der Waals surface area contributed by atoms with Gasteiger partial charge in [-0.05, 0) is 30.2 Å². The summed E-state index contributed by atoms with van der Waals surface area (Å²) in [6.07, 6.45) is -2.22. The molecule has 0 bridgehead atoms. The number of benzene rings is 1. The number of fused-ring (bicyclic) bond motifs is 1. The van der Waals surface area contributed by atoms with Crippen molar-refractivity contribution in [3.8, 4) is 11.5 Å². The number of alkyl halides is 6. The third-order valence-electron chi connectivity index (χ3n) is 4.97. The number of phenolic OH excluding ortho intramolecular Hbond substituents is 1. The summed E-state index contributed by atoms with van der Waals surface area (Å²) < 4.78 is 41.9. The molecule has 2 aliphatic rings. The summed E-state index contributed by atoms with van der Waals surface area (Å²) in [6.45, 7) is 3.64. The van der Waals surface area contributed by atoms with Gasteiger partial charge in [-0.2, -0.15) is 0 Å². The number of likely N-dealkylation sites (tertiary alicyclic amines) is 1. The standard InChI is InChI=1S/C18H13BrCl2F3NO4/c1-2-9-5-6-16(20)14(27)25(8-19)15(28)17(16,21)13(9)11-7-10(3-4-12(11)26)29-18(22,23)24/h2-5,7,13,26H,1,6,8H2/t13-,16-,17+/m1/s1. The molecule has 1 aromatic rings. The molecule has 1 saturated heterocycles. The lowest BCUT2D eigenvalue weighted by molar-refractivity contribution is -0.274. The molecule has 29 heavy (non-hydrogen) atoms. The van der Waals surface area contributed by atoms with Crippen molar-refractivity contribution < 1.29 is 32.6 Å². The minimum Gasteiger partial charge on any atom is -0.508 e. The van der Waals surface area contributed by atoms with Crippen LogP contribution in [0.5, 0.6) is 11.5 Å². The van der Waals surface area contributed by atoms with E-state index in [0.29, 0.717) is 5.57 Å². The third kappa shape index (κ3) is 3.23. The van der Waals surface area contributed by atoms with E-state index in [9.17, 15) is 27.9 Å². The van der Waals surface area contributed by atoms with Gasteiger partial charge >= 0.3 is 6.36 Å². The number of hydrogen-bond acceptors (Lipinski definition) is 4. The Hall–Kier alpha value is -1.71. The molecular weight excluding hydrogens is 502 g/mol. The van der Waals surface area contributed by atoms with Gasteiger partial charge in [-0.15, -0.1) is 36.4 Å². The van der Waals surface area contributed by atoms with Crippen molar-refractivity contribution >= 4 is 50.9 Å². The second-order valence-corrected chi connectivity index (χ2v) is 8.23. The highest BCUT2D eigenvalue weighted by Crippen LogP contribution is 2.60. The molecule has 2 amide bonds. The Kier molecular flexibility index (Phi) is 5.47. The molecule has 1 heterocycles. The Bertz CT molecular complexity index is 938. The monoisotopic (exact) mass is 513 g/mol. The van der Waals surface area contributed by atoms with E-state index in [0.717, 1.165) is 23.1 Å². The zero-order valence-electron chi connectivity index (χ0n) is 14.5. The van der Waals surface area contributed by atoms with Crippen LogP contribution in [0.2, 0.25) is 0 Å². The first kappa shape index (κ1) is 22.0. The Morgan fingerprint density at radius 1 is 1.34 bits per heavy atom. The molecule has 0 spiro atoms. The zero-order valence-corrected chi connectivity index (χ0v) is 17.6. The number of imide groups is 1. The fourth-order valence-electron chi connectivity index (χ4n) is 3.69. The second kappa shape index (κ2) is 7.21. The zero-order chi connectivity index (χ0) is 21.8. The van der Waals surface area contributed by atoms with Gasteiger partial charge in [-0.3, -0.25) is 14.5 Å². The first-order valence-corrected chi connectivity index (χ1v) is 9.99. The minimum absolute atomic E-state index is 0.108. The molecule has 1 aliphatic heterocycles. The van der Waals surface area contributed by atoms with E-state index < -0.39 is 45.3 Å². The van der Waals surface area contributed by atoms with Crippen LogP contribution in [0.4, 0.5) is 13.2 Å². The lowest BCUT2D eigenvalue weighted by Crippen LogP contribution is -2.54. The number of nitrogens with zero attached hydrogens (tertiary/aromatic N) is 1. The van der Waals surface area contributed by atoms with E-state index in [4.69, 9.17) is 23.2 Å². The molecule has 3 rings (SSSR count). The van der Waals surface area contributed by atoms with Gasteiger partial charge in [0.25, 0.3) is 11.8 Å². The van der Waals surface area contributed by atoms with Crippen molar-refractivity contribution in [1.82, 2.24) is 4.90 Å². The molecule has 156 valence electrons. The number of allylic oxidation sites excluding steroid dienone is 3. The molecule has 1 fully saturated rings. The molecule has 0 unspecified atom stereocenters. The molecule has 3 atom stereocenters. The second-order valence-electron chi connectivity index (χ2n) is 6.48. The molecular formula is C18H13BrCl2F3NO4. The van der Waals surface area contributed by atoms with Crippen LogP contribution < -0.4 is 4.74 Å². The van der Waals surface area contributed by atoms with Crippen molar-refractivity contribution in [2.75, 3.05) is 5.45 Å². The lowest BCUT2D eigenvalue weighted by atomic mass is 9.68. The molecule has 0 saturated carbocycles. The number of rotatable bonds is 4. The summed E-state index contributed by atoms with van der Waals surface area (Å²) in [5.41, 5.74) is -0.00374. The van der Waals surface area contributed by atoms with E-state index in [1.165, 1.54) is 12.2 Å². The number of halogens is 6. The predicted molar refractivity (Wildman–Crippen MR) is 103 cm³/mol. The number of amides is 2. The molecule has 1 N–H and O–H groups in total.